The van der Waals surface area contributed by atoms with Gasteiger partial charge in [-0.05, 0) is 69.7 Å². The van der Waals surface area contributed by atoms with Crippen molar-refractivity contribution >= 4 is 29.4 Å². The van der Waals surface area contributed by atoms with E-state index in [4.69, 9.17) is 28.4 Å². The summed E-state index contributed by atoms with van der Waals surface area (Å²) >= 11 is 1.52. The van der Waals surface area contributed by atoms with Crippen molar-refractivity contribution < 1.29 is 38.0 Å². The van der Waals surface area contributed by atoms with Crippen LogP contribution in [0.1, 0.15) is 38.0 Å². The predicted molar refractivity (Wildman–Crippen MR) is 180 cm³/mol. The molecule has 2 heterocycles. The first kappa shape index (κ1) is 34.1. The highest BCUT2D eigenvalue weighted by atomic mass is 32.2. The summed E-state index contributed by atoms with van der Waals surface area (Å²) in [6, 6.07) is 19.0. The minimum absolute atomic E-state index is 0.0158. The van der Waals surface area contributed by atoms with E-state index >= 15 is 0 Å². The van der Waals surface area contributed by atoms with Crippen LogP contribution in [0.2, 0.25) is 0 Å². The number of fused-ring (bicyclic) bond motifs is 2. The van der Waals surface area contributed by atoms with E-state index in [1.807, 2.05) is 81.4 Å². The lowest BCUT2D eigenvalue weighted by Crippen LogP contribution is -2.39. The maximum atomic E-state index is 13.5. The van der Waals surface area contributed by atoms with Crippen LogP contribution in [0.15, 0.2) is 65.6 Å². The Balaban J connectivity index is 1.19. The van der Waals surface area contributed by atoms with Crippen LogP contribution in [0, 0.1) is 0 Å². The van der Waals surface area contributed by atoms with Crippen LogP contribution < -0.4 is 33.9 Å². The number of benzene rings is 3. The minimum atomic E-state index is -0.570. The van der Waals surface area contributed by atoms with Crippen LogP contribution in [0.5, 0.6) is 28.7 Å². The lowest BCUT2D eigenvalue weighted by molar-refractivity contribution is -0.118. The molecule has 2 aliphatic heterocycles. The second-order valence-corrected chi connectivity index (χ2v) is 13.2. The van der Waals surface area contributed by atoms with Crippen molar-refractivity contribution in [1.82, 2.24) is 10.2 Å². The molecule has 5 rings (SSSR count). The van der Waals surface area contributed by atoms with Gasteiger partial charge in [-0.15, -0.1) is 11.8 Å². The highest BCUT2D eigenvalue weighted by molar-refractivity contribution is 8.00. The summed E-state index contributed by atoms with van der Waals surface area (Å²) in [6.45, 7) is 8.90. The summed E-state index contributed by atoms with van der Waals surface area (Å²) < 4.78 is 34.0. The average Bonchev–Trinajstić information content (AvgIpc) is 3.52. The Morgan fingerprint density at radius 3 is 2.57 bits per heavy atom. The topological polar surface area (TPSA) is 108 Å². The molecule has 3 aromatic carbocycles. The number of methoxy groups -OCH3 is 1. The molecule has 1 N–H and O–H groups in total. The Labute approximate surface area is 280 Å². The van der Waals surface area contributed by atoms with E-state index in [0.717, 1.165) is 16.1 Å². The Bertz CT molecular complexity index is 1550. The standard InChI is InChI=1S/C35H43N3O8S/c1-35(2,3)46-34(40)36-15-17-38(18-20-42-25-12-14-29-30(22-25)45-23-44-29)16-8-19-43-28-13-11-24(41-5)21-26(28)32-33(39)37(4)27-9-6-7-10-31(27)47-32/h6-7,9-14,21-22,32H,8,15-20,23H2,1-5H3,(H,36,40)/t32-/m0/s1. The number of rotatable bonds is 14. The average molecular weight is 666 g/mol. The molecule has 11 nitrogen and oxygen atoms in total. The summed E-state index contributed by atoms with van der Waals surface area (Å²) in [6.07, 6.45) is 0.254. The van der Waals surface area contributed by atoms with E-state index in [-0.39, 0.29) is 12.7 Å². The van der Waals surface area contributed by atoms with E-state index < -0.39 is 16.9 Å². The molecule has 0 bridgehead atoms. The molecule has 0 saturated carbocycles. The van der Waals surface area contributed by atoms with Crippen molar-refractivity contribution in [1.29, 1.82) is 0 Å². The molecule has 0 unspecified atom stereocenters. The SMILES string of the molecule is COc1ccc(OCCCN(CCNC(=O)OC(C)(C)C)CCOc2ccc3c(c2)OCO3)c([C@@H]2Sc3ccccc3N(C)C2=O)c1. The van der Waals surface area contributed by atoms with Gasteiger partial charge in [-0.2, -0.15) is 0 Å². The van der Waals surface area contributed by atoms with Gasteiger partial charge in [0.25, 0.3) is 0 Å². The zero-order chi connectivity index (χ0) is 33.4. The van der Waals surface area contributed by atoms with Gasteiger partial charge in [-0.1, -0.05) is 12.1 Å². The maximum absolute atomic E-state index is 13.5. The largest absolute Gasteiger partial charge is 0.497 e. The fourth-order valence-corrected chi connectivity index (χ4v) is 6.49. The number of thioether (sulfide) groups is 1. The second kappa shape index (κ2) is 15.5. The molecule has 0 aliphatic carbocycles. The Morgan fingerprint density at radius 1 is 0.979 bits per heavy atom. The van der Waals surface area contributed by atoms with E-state index in [1.165, 1.54) is 11.8 Å². The second-order valence-electron chi connectivity index (χ2n) is 12.1. The zero-order valence-electron chi connectivity index (χ0n) is 27.6. The van der Waals surface area contributed by atoms with E-state index in [9.17, 15) is 9.59 Å². The first-order valence-corrected chi connectivity index (χ1v) is 16.5. The number of likely N-dealkylation sites (N-methyl/N-ethyl adjacent to an activating group) is 1. The first-order chi connectivity index (χ1) is 22.6. The van der Waals surface area contributed by atoms with Crippen LogP contribution in [0.4, 0.5) is 10.5 Å². The Morgan fingerprint density at radius 2 is 1.77 bits per heavy atom. The number of hydrogen-bond acceptors (Lipinski definition) is 10. The van der Waals surface area contributed by atoms with Gasteiger partial charge in [-0.25, -0.2) is 4.79 Å². The number of nitrogens with one attached hydrogen (secondary N) is 1. The highest BCUT2D eigenvalue weighted by Crippen LogP contribution is 2.48. The number of alkyl carbamates (subject to hydrolysis) is 1. The molecule has 0 fully saturated rings. The van der Waals surface area contributed by atoms with E-state index in [1.54, 1.807) is 19.1 Å². The minimum Gasteiger partial charge on any atom is -0.497 e. The molecular weight excluding hydrogens is 622 g/mol. The molecule has 1 atom stereocenters. The number of ether oxygens (including phenoxy) is 6. The predicted octanol–water partition coefficient (Wildman–Crippen LogP) is 5.91. The van der Waals surface area contributed by atoms with Crippen molar-refractivity contribution in [2.75, 3.05) is 65.2 Å². The molecule has 47 heavy (non-hydrogen) atoms. The van der Waals surface area contributed by atoms with Crippen molar-refractivity contribution in [3.05, 3.63) is 66.2 Å². The summed E-state index contributed by atoms with van der Waals surface area (Å²) in [7, 11) is 3.41. The smallest absolute Gasteiger partial charge is 0.407 e. The summed E-state index contributed by atoms with van der Waals surface area (Å²) in [5, 5.41) is 2.37. The number of para-hydroxylation sites is 1. The van der Waals surface area contributed by atoms with Gasteiger partial charge in [0.05, 0.1) is 19.4 Å². The molecule has 0 spiro atoms. The lowest BCUT2D eigenvalue weighted by atomic mass is 10.1. The molecular formula is C35H43N3O8S. The molecule has 3 aromatic rings. The van der Waals surface area contributed by atoms with E-state index in [2.05, 4.69) is 10.2 Å². The van der Waals surface area contributed by atoms with E-state index in [0.29, 0.717) is 74.6 Å². The first-order valence-electron chi connectivity index (χ1n) is 15.7. The van der Waals surface area contributed by atoms with Crippen molar-refractivity contribution in [3.63, 3.8) is 0 Å². The number of hydrogen-bond donors (Lipinski definition) is 1. The normalized spacial score (nSPS) is 15.3. The van der Waals surface area contributed by atoms with Crippen molar-refractivity contribution in [2.24, 2.45) is 0 Å². The van der Waals surface area contributed by atoms with Crippen molar-refractivity contribution in [2.45, 2.75) is 42.9 Å². The van der Waals surface area contributed by atoms with Gasteiger partial charge in [0.1, 0.15) is 34.7 Å². The molecule has 2 amide bonds. The van der Waals surface area contributed by atoms with Crippen LogP contribution in [-0.4, -0.2) is 82.8 Å². The molecule has 0 saturated heterocycles. The monoisotopic (exact) mass is 665 g/mol. The molecule has 12 heteroatoms. The number of carbonyl (C=O) groups excluding carboxylic acids is 2. The summed E-state index contributed by atoms with van der Waals surface area (Å²) in [5.74, 6) is 3.36. The highest BCUT2D eigenvalue weighted by Gasteiger charge is 2.34. The van der Waals surface area contributed by atoms with Crippen molar-refractivity contribution in [3.8, 4) is 28.7 Å². The zero-order valence-corrected chi connectivity index (χ0v) is 28.4. The van der Waals surface area contributed by atoms with Gasteiger partial charge in [0, 0.05) is 49.8 Å². The Kier molecular flexibility index (Phi) is 11.3. The fourth-order valence-electron chi connectivity index (χ4n) is 5.19. The quantitative estimate of drug-likeness (QED) is 0.209. The number of nitrogens with zero attached hydrogens (tertiary/aromatic N) is 2. The molecule has 252 valence electrons. The van der Waals surface area contributed by atoms with Crippen LogP contribution in [-0.2, 0) is 9.53 Å². The third kappa shape index (κ3) is 9.17. The number of carbonyl (C=O) groups is 2. The van der Waals surface area contributed by atoms with Crippen LogP contribution in [0.3, 0.4) is 0 Å². The third-order valence-electron chi connectivity index (χ3n) is 7.52. The molecule has 0 radical (unpaired) electrons. The van der Waals surface area contributed by atoms with Crippen LogP contribution in [0.25, 0.3) is 0 Å². The third-order valence-corrected chi connectivity index (χ3v) is 8.81. The lowest BCUT2D eigenvalue weighted by Gasteiger charge is -2.32. The maximum Gasteiger partial charge on any atom is 0.407 e. The van der Waals surface area contributed by atoms with Gasteiger partial charge < -0.3 is 38.6 Å². The summed E-state index contributed by atoms with van der Waals surface area (Å²) in [5.41, 5.74) is 1.10. The molecule has 0 aromatic heterocycles. The van der Waals surface area contributed by atoms with Gasteiger partial charge in [0.15, 0.2) is 11.5 Å². The van der Waals surface area contributed by atoms with Gasteiger partial charge in [-0.3, -0.25) is 9.69 Å². The Hall–Kier alpha value is -4.29. The summed E-state index contributed by atoms with van der Waals surface area (Å²) in [4.78, 5) is 30.6. The molecule has 2 aliphatic rings. The van der Waals surface area contributed by atoms with Gasteiger partial charge in [0.2, 0.25) is 12.7 Å². The van der Waals surface area contributed by atoms with Crippen LogP contribution >= 0.6 is 11.8 Å². The fraction of sp³-hybridized carbons (Fsp3) is 0.429. The van der Waals surface area contributed by atoms with Gasteiger partial charge >= 0.3 is 6.09 Å². The number of anilines is 1. The number of amides is 2.